The number of aromatic carboxylic acids is 1. The number of hydrogen-bond acceptors (Lipinski definition) is 5. The molecule has 2 atom stereocenters. The minimum Gasteiger partial charge on any atom is -0.550 e. The minimum absolute atomic E-state index is 0.0482. The van der Waals surface area contributed by atoms with E-state index in [9.17, 15) is 24.6 Å². The van der Waals surface area contributed by atoms with E-state index in [2.05, 4.69) is 5.32 Å². The first kappa shape index (κ1) is 15.0. The van der Waals surface area contributed by atoms with Gasteiger partial charge in [0, 0.05) is 23.5 Å². The first-order valence-corrected chi connectivity index (χ1v) is 6.82. The van der Waals surface area contributed by atoms with E-state index in [0.717, 1.165) is 12.8 Å². The van der Waals surface area contributed by atoms with Crippen LogP contribution < -0.4 is 15.5 Å². The number of anilines is 1. The van der Waals surface area contributed by atoms with Gasteiger partial charge in [-0.25, -0.2) is 0 Å². The number of nitrogens with one attached hydrogen (secondary N) is 1. The maximum Gasteiger partial charge on any atom is 0.228 e. The number of benzene rings is 1. The lowest BCUT2D eigenvalue weighted by atomic mass is 9.78. The summed E-state index contributed by atoms with van der Waals surface area (Å²) in [5.41, 5.74) is 0.261. The van der Waals surface area contributed by atoms with Crippen LogP contribution in [0.2, 0.25) is 0 Å². The molecular weight excluding hydrogens is 274 g/mol. The molecule has 1 N–H and O–H groups in total. The van der Waals surface area contributed by atoms with Crippen molar-refractivity contribution in [1.82, 2.24) is 0 Å². The van der Waals surface area contributed by atoms with Gasteiger partial charge >= 0.3 is 0 Å². The molecule has 0 bridgehead atoms. The Morgan fingerprint density at radius 2 is 1.71 bits per heavy atom. The van der Waals surface area contributed by atoms with Crippen LogP contribution in [-0.4, -0.2) is 17.8 Å². The summed E-state index contributed by atoms with van der Waals surface area (Å²) in [5.74, 6) is -4.40. The highest BCUT2D eigenvalue weighted by Gasteiger charge is 2.31. The van der Waals surface area contributed by atoms with Crippen LogP contribution in [-0.2, 0) is 9.59 Å². The predicted molar refractivity (Wildman–Crippen MR) is 69.9 cm³/mol. The van der Waals surface area contributed by atoms with E-state index >= 15 is 0 Å². The number of hydrogen-bond donors (Lipinski definition) is 1. The number of carbonyl (C=O) groups excluding carboxylic acids is 3. The molecule has 1 fully saturated rings. The van der Waals surface area contributed by atoms with Crippen molar-refractivity contribution < 1.29 is 24.6 Å². The third-order valence-corrected chi connectivity index (χ3v) is 3.77. The highest BCUT2D eigenvalue weighted by Crippen LogP contribution is 2.30. The largest absolute Gasteiger partial charge is 0.550 e. The Morgan fingerprint density at radius 1 is 1.05 bits per heavy atom. The summed E-state index contributed by atoms with van der Waals surface area (Å²) >= 11 is 0. The Morgan fingerprint density at radius 3 is 2.33 bits per heavy atom. The van der Waals surface area contributed by atoms with Gasteiger partial charge in [-0.2, -0.15) is 0 Å². The van der Waals surface area contributed by atoms with Gasteiger partial charge in [0.1, 0.15) is 0 Å². The van der Waals surface area contributed by atoms with Crippen LogP contribution in [0.15, 0.2) is 24.3 Å². The van der Waals surface area contributed by atoms with Gasteiger partial charge in [-0.05, 0) is 30.5 Å². The first-order chi connectivity index (χ1) is 9.99. The molecule has 1 aliphatic rings. The van der Waals surface area contributed by atoms with Crippen molar-refractivity contribution in [3.63, 3.8) is 0 Å². The lowest BCUT2D eigenvalue weighted by Gasteiger charge is -2.31. The average molecular weight is 289 g/mol. The van der Waals surface area contributed by atoms with E-state index in [0.29, 0.717) is 18.5 Å². The van der Waals surface area contributed by atoms with Crippen LogP contribution in [0.25, 0.3) is 0 Å². The molecule has 6 nitrogen and oxygen atoms in total. The van der Waals surface area contributed by atoms with E-state index in [-0.39, 0.29) is 5.56 Å². The van der Waals surface area contributed by atoms with E-state index in [1.54, 1.807) is 6.07 Å². The molecule has 1 amide bonds. The van der Waals surface area contributed by atoms with Gasteiger partial charge in [-0.1, -0.05) is 25.0 Å². The van der Waals surface area contributed by atoms with Crippen molar-refractivity contribution in [3.8, 4) is 0 Å². The third kappa shape index (κ3) is 3.59. The molecule has 21 heavy (non-hydrogen) atoms. The molecule has 1 saturated carbocycles. The van der Waals surface area contributed by atoms with Gasteiger partial charge in [-0.3, -0.25) is 4.79 Å². The van der Waals surface area contributed by atoms with E-state index < -0.39 is 29.7 Å². The summed E-state index contributed by atoms with van der Waals surface area (Å²) in [6, 6.07) is 5.67. The zero-order valence-electron chi connectivity index (χ0n) is 11.3. The minimum atomic E-state index is -1.34. The molecule has 0 aromatic heterocycles. The van der Waals surface area contributed by atoms with Crippen molar-refractivity contribution >= 4 is 23.5 Å². The smallest absolute Gasteiger partial charge is 0.228 e. The van der Waals surface area contributed by atoms with Crippen LogP contribution in [0.3, 0.4) is 0 Å². The summed E-state index contributed by atoms with van der Waals surface area (Å²) in [4.78, 5) is 34.1. The lowest BCUT2D eigenvalue weighted by Crippen LogP contribution is -2.42. The summed E-state index contributed by atoms with van der Waals surface area (Å²) in [7, 11) is 0. The van der Waals surface area contributed by atoms with Crippen LogP contribution in [0, 0.1) is 11.8 Å². The zero-order valence-corrected chi connectivity index (χ0v) is 11.3. The number of rotatable bonds is 4. The van der Waals surface area contributed by atoms with E-state index in [1.165, 1.54) is 18.2 Å². The molecule has 6 heteroatoms. The molecule has 0 unspecified atom stereocenters. The van der Waals surface area contributed by atoms with Crippen molar-refractivity contribution in [2.75, 3.05) is 5.32 Å². The maximum absolute atomic E-state index is 12.2. The van der Waals surface area contributed by atoms with Gasteiger partial charge in [0.15, 0.2) is 0 Å². The van der Waals surface area contributed by atoms with Crippen LogP contribution >= 0.6 is 0 Å². The van der Waals surface area contributed by atoms with Gasteiger partial charge in [0.05, 0.1) is 5.97 Å². The molecule has 1 aromatic carbocycles. The van der Waals surface area contributed by atoms with E-state index in [1.807, 2.05) is 0 Å². The molecule has 0 heterocycles. The molecule has 0 saturated heterocycles. The van der Waals surface area contributed by atoms with Gasteiger partial charge in [0.25, 0.3) is 0 Å². The Bertz CT molecular complexity index is 569. The number of aliphatic carboxylic acids is 1. The standard InChI is InChI=1S/C15H17NO5/c17-13(11-6-1-2-7-12(11)15(20)21)16-10-5-3-4-9(8-10)14(18)19/h3-5,8,11-12H,1-2,6-7H2,(H,16,17)(H,18,19)(H,20,21)/p-2/t11-,12+/m1/s1. The molecule has 0 radical (unpaired) electrons. The van der Waals surface area contributed by atoms with Gasteiger partial charge in [-0.15, -0.1) is 0 Å². The Kier molecular flexibility index (Phi) is 4.57. The Balaban J connectivity index is 2.11. The van der Waals surface area contributed by atoms with Gasteiger partial charge in [0.2, 0.25) is 5.91 Å². The van der Waals surface area contributed by atoms with Crippen LogP contribution in [0.4, 0.5) is 5.69 Å². The number of carboxylic acids is 2. The van der Waals surface area contributed by atoms with Crippen molar-refractivity contribution in [3.05, 3.63) is 29.8 Å². The second-order valence-corrected chi connectivity index (χ2v) is 5.17. The fourth-order valence-electron chi connectivity index (χ4n) is 2.69. The average Bonchev–Trinajstić information content (AvgIpc) is 2.47. The zero-order chi connectivity index (χ0) is 15.4. The summed E-state index contributed by atoms with van der Waals surface area (Å²) in [5, 5.41) is 24.4. The fourth-order valence-corrected chi connectivity index (χ4v) is 2.69. The monoisotopic (exact) mass is 289 g/mol. The molecule has 1 aliphatic carbocycles. The highest BCUT2D eigenvalue weighted by atomic mass is 16.4. The molecular formula is C15H15NO5-2. The highest BCUT2D eigenvalue weighted by molar-refractivity contribution is 5.96. The summed E-state index contributed by atoms with van der Waals surface area (Å²) in [6.07, 6.45) is 2.48. The molecule has 1 aromatic rings. The number of carbonyl (C=O) groups is 3. The Hall–Kier alpha value is -2.37. The third-order valence-electron chi connectivity index (χ3n) is 3.77. The second-order valence-electron chi connectivity index (χ2n) is 5.17. The topological polar surface area (TPSA) is 109 Å². The number of carboxylic acid groups (broad SMARTS) is 2. The normalized spacial score (nSPS) is 21.5. The van der Waals surface area contributed by atoms with Crippen molar-refractivity contribution in [1.29, 1.82) is 0 Å². The second kappa shape index (κ2) is 6.39. The molecule has 2 rings (SSSR count). The summed E-state index contributed by atoms with van der Waals surface area (Å²) < 4.78 is 0. The molecule has 0 spiro atoms. The Labute approximate surface area is 121 Å². The SMILES string of the molecule is O=C([O-])c1cccc(NC(=O)[C@@H]2CCCC[C@@H]2C(=O)[O-])c1. The van der Waals surface area contributed by atoms with Crippen LogP contribution in [0.1, 0.15) is 36.0 Å². The molecule has 112 valence electrons. The van der Waals surface area contributed by atoms with Crippen molar-refractivity contribution in [2.24, 2.45) is 11.8 Å². The van der Waals surface area contributed by atoms with Crippen LogP contribution in [0.5, 0.6) is 0 Å². The predicted octanol–water partition coefficient (Wildman–Crippen LogP) is -0.455. The lowest BCUT2D eigenvalue weighted by molar-refractivity contribution is -0.313. The van der Waals surface area contributed by atoms with Gasteiger partial charge < -0.3 is 25.1 Å². The van der Waals surface area contributed by atoms with Crippen molar-refractivity contribution in [2.45, 2.75) is 25.7 Å². The number of amides is 1. The summed E-state index contributed by atoms with van der Waals surface area (Å²) in [6.45, 7) is 0. The maximum atomic E-state index is 12.2. The fraction of sp³-hybridized carbons (Fsp3) is 0.400. The first-order valence-electron chi connectivity index (χ1n) is 6.82. The molecule has 0 aliphatic heterocycles. The van der Waals surface area contributed by atoms with E-state index in [4.69, 9.17) is 0 Å². The quantitative estimate of drug-likeness (QED) is 0.807.